The Labute approximate surface area is 153 Å². The number of aromatic nitrogens is 3. The van der Waals surface area contributed by atoms with E-state index < -0.39 is 0 Å². The van der Waals surface area contributed by atoms with Gasteiger partial charge >= 0.3 is 0 Å². The molecule has 0 spiro atoms. The molecule has 5 nitrogen and oxygen atoms in total. The first-order valence-electron chi connectivity index (χ1n) is 9.41. The van der Waals surface area contributed by atoms with Crippen LogP contribution in [0.5, 0.6) is 0 Å². The van der Waals surface area contributed by atoms with Gasteiger partial charge in [-0.15, -0.1) is 0 Å². The quantitative estimate of drug-likeness (QED) is 0.727. The van der Waals surface area contributed by atoms with E-state index in [1.165, 1.54) is 32.1 Å². The van der Waals surface area contributed by atoms with Crippen molar-refractivity contribution in [2.45, 2.75) is 52.0 Å². The van der Waals surface area contributed by atoms with Gasteiger partial charge in [0, 0.05) is 19.2 Å². The predicted octanol–water partition coefficient (Wildman–Crippen LogP) is 4.00. The number of carbonyl (C=O) groups excluding carboxylic acids is 1. The molecule has 0 unspecified atom stereocenters. The van der Waals surface area contributed by atoms with Gasteiger partial charge in [0.1, 0.15) is 5.69 Å². The summed E-state index contributed by atoms with van der Waals surface area (Å²) < 4.78 is 3.84. The van der Waals surface area contributed by atoms with Crippen molar-refractivity contribution in [1.82, 2.24) is 9.55 Å². The lowest BCUT2D eigenvalue weighted by Gasteiger charge is -2.20. The zero-order valence-corrected chi connectivity index (χ0v) is 15.4. The van der Waals surface area contributed by atoms with Crippen LogP contribution in [0.25, 0.3) is 17.0 Å². The third-order valence-corrected chi connectivity index (χ3v) is 5.17. The van der Waals surface area contributed by atoms with E-state index >= 15 is 0 Å². The highest BCUT2D eigenvalue weighted by molar-refractivity contribution is 5.88. The molecule has 0 amide bonds. The number of aryl methyl sites for hydroxylation is 1. The van der Waals surface area contributed by atoms with E-state index in [-0.39, 0.29) is 5.91 Å². The van der Waals surface area contributed by atoms with Crippen molar-refractivity contribution in [2.75, 3.05) is 5.32 Å². The van der Waals surface area contributed by atoms with E-state index in [1.54, 1.807) is 11.5 Å². The van der Waals surface area contributed by atoms with E-state index in [9.17, 15) is 4.79 Å². The minimum absolute atomic E-state index is 0.0113. The second kappa shape index (κ2) is 6.90. The number of hydrogen-bond donors (Lipinski definition) is 1. The standard InChI is InChI=1S/C21H25N4O/c1-15-11-12-18(22-14-15)20-21(23-17-8-4-3-5-9-17)24-13-7-6-10-19(24)25(20)16(2)26/h6-7,10-14,17,23H,3-5,8-9H2,1-2H3/q+1. The van der Waals surface area contributed by atoms with Crippen LogP contribution in [0, 0.1) is 6.92 Å². The minimum atomic E-state index is -0.0113. The molecule has 0 radical (unpaired) electrons. The van der Waals surface area contributed by atoms with Crippen LogP contribution in [-0.4, -0.2) is 21.5 Å². The monoisotopic (exact) mass is 349 g/mol. The Hall–Kier alpha value is -2.69. The third-order valence-electron chi connectivity index (χ3n) is 5.17. The van der Waals surface area contributed by atoms with E-state index in [2.05, 4.69) is 14.7 Å². The van der Waals surface area contributed by atoms with Gasteiger partial charge in [-0.25, -0.2) is 4.40 Å². The van der Waals surface area contributed by atoms with Crippen molar-refractivity contribution in [3.8, 4) is 11.4 Å². The zero-order chi connectivity index (χ0) is 18.1. The Kier molecular flexibility index (Phi) is 4.45. The highest BCUT2D eigenvalue weighted by atomic mass is 16.1. The number of rotatable bonds is 3. The Balaban J connectivity index is 1.93. The molecule has 3 aromatic rings. The fraction of sp³-hybridized carbons (Fsp3) is 0.381. The van der Waals surface area contributed by atoms with Crippen LogP contribution in [0.3, 0.4) is 0 Å². The molecule has 0 bridgehead atoms. The van der Waals surface area contributed by atoms with Gasteiger partial charge in [0.05, 0.1) is 12.2 Å². The summed E-state index contributed by atoms with van der Waals surface area (Å²) in [5.74, 6) is 0.946. The van der Waals surface area contributed by atoms with E-state index in [1.807, 2.05) is 49.6 Å². The van der Waals surface area contributed by atoms with Crippen LogP contribution in [0.15, 0.2) is 42.7 Å². The van der Waals surface area contributed by atoms with E-state index in [4.69, 9.17) is 0 Å². The smallest absolute Gasteiger partial charge is 0.284 e. The first-order chi connectivity index (χ1) is 12.6. The molecule has 1 fully saturated rings. The van der Waals surface area contributed by atoms with Crippen LogP contribution in [0.4, 0.5) is 5.82 Å². The van der Waals surface area contributed by atoms with Crippen molar-refractivity contribution in [2.24, 2.45) is 0 Å². The molecule has 3 heterocycles. The van der Waals surface area contributed by atoms with Gasteiger partial charge in [0.15, 0.2) is 0 Å². The molecular formula is C21H25N4O+. The van der Waals surface area contributed by atoms with Crippen molar-refractivity contribution < 1.29 is 9.20 Å². The lowest BCUT2D eigenvalue weighted by atomic mass is 9.95. The number of fused-ring (bicyclic) bond motifs is 1. The summed E-state index contributed by atoms with van der Waals surface area (Å²) in [6.07, 6.45) is 10.0. The summed E-state index contributed by atoms with van der Waals surface area (Å²) in [5, 5.41) is 3.73. The van der Waals surface area contributed by atoms with Crippen molar-refractivity contribution in [1.29, 1.82) is 0 Å². The van der Waals surface area contributed by atoms with E-state index in [0.29, 0.717) is 6.04 Å². The van der Waals surface area contributed by atoms with Gasteiger partial charge in [-0.2, -0.15) is 4.57 Å². The first kappa shape index (κ1) is 16.8. The maximum Gasteiger partial charge on any atom is 0.284 e. The third kappa shape index (κ3) is 2.98. The molecule has 1 saturated carbocycles. The normalized spacial score (nSPS) is 15.3. The summed E-state index contributed by atoms with van der Waals surface area (Å²) in [5.41, 5.74) is 3.62. The van der Waals surface area contributed by atoms with Crippen LogP contribution >= 0.6 is 0 Å². The molecule has 26 heavy (non-hydrogen) atoms. The number of carbonyl (C=O) groups is 1. The van der Waals surface area contributed by atoms with E-state index in [0.717, 1.165) is 28.4 Å². The Morgan fingerprint density at radius 1 is 1.19 bits per heavy atom. The molecule has 0 aromatic carbocycles. The number of anilines is 1. The van der Waals surface area contributed by atoms with Crippen molar-refractivity contribution in [3.05, 3.63) is 48.3 Å². The van der Waals surface area contributed by atoms with Crippen molar-refractivity contribution in [3.63, 3.8) is 0 Å². The SMILES string of the molecule is CC(=O)n1c(-c2ccc(C)cn2)c(NC2CCCCC2)[n+]2ccccc12. The van der Waals surface area contributed by atoms with Crippen LogP contribution in [0.1, 0.15) is 49.4 Å². The number of hydrogen-bond acceptors (Lipinski definition) is 3. The summed E-state index contributed by atoms with van der Waals surface area (Å²) in [4.78, 5) is 17.1. The maximum absolute atomic E-state index is 12.5. The summed E-state index contributed by atoms with van der Waals surface area (Å²) in [7, 11) is 0. The van der Waals surface area contributed by atoms with Crippen LogP contribution in [0.2, 0.25) is 0 Å². The summed E-state index contributed by atoms with van der Waals surface area (Å²) >= 11 is 0. The molecule has 3 aromatic heterocycles. The molecule has 0 aliphatic heterocycles. The fourth-order valence-corrected chi connectivity index (χ4v) is 3.88. The van der Waals surface area contributed by atoms with Gasteiger partial charge in [-0.3, -0.25) is 15.1 Å². The van der Waals surface area contributed by atoms with Gasteiger partial charge in [-0.05, 0) is 37.5 Å². The molecule has 0 atom stereocenters. The number of nitrogens with zero attached hydrogens (tertiary/aromatic N) is 3. The second-order valence-corrected chi connectivity index (χ2v) is 7.18. The average Bonchev–Trinajstić information content (AvgIpc) is 2.98. The largest absolute Gasteiger partial charge is 0.300 e. The highest BCUT2D eigenvalue weighted by Crippen LogP contribution is 2.30. The van der Waals surface area contributed by atoms with Gasteiger partial charge < -0.3 is 0 Å². The molecule has 1 aliphatic rings. The molecular weight excluding hydrogens is 324 g/mol. The molecule has 134 valence electrons. The number of imidazole rings is 1. The Morgan fingerprint density at radius 3 is 2.69 bits per heavy atom. The zero-order valence-electron chi connectivity index (χ0n) is 15.4. The molecule has 4 rings (SSSR count). The topological polar surface area (TPSA) is 51.0 Å². The average molecular weight is 349 g/mol. The lowest BCUT2D eigenvalue weighted by molar-refractivity contribution is -0.495. The van der Waals surface area contributed by atoms with Gasteiger partial charge in [-0.1, -0.05) is 31.4 Å². The number of nitrogens with one attached hydrogen (secondary N) is 1. The second-order valence-electron chi connectivity index (χ2n) is 7.18. The van der Waals surface area contributed by atoms with Gasteiger partial charge in [0.2, 0.25) is 11.3 Å². The molecule has 1 N–H and O–H groups in total. The Bertz CT molecular complexity index is 937. The molecule has 0 saturated heterocycles. The van der Waals surface area contributed by atoms with Crippen LogP contribution < -0.4 is 9.72 Å². The molecule has 1 aliphatic carbocycles. The minimum Gasteiger partial charge on any atom is -0.300 e. The summed E-state index contributed by atoms with van der Waals surface area (Å²) in [6.45, 7) is 3.63. The highest BCUT2D eigenvalue weighted by Gasteiger charge is 2.31. The molecule has 5 heteroatoms. The van der Waals surface area contributed by atoms with Crippen LogP contribution in [-0.2, 0) is 0 Å². The van der Waals surface area contributed by atoms with Crippen molar-refractivity contribution >= 4 is 17.4 Å². The Morgan fingerprint density at radius 2 is 2.00 bits per heavy atom. The first-order valence-corrected chi connectivity index (χ1v) is 9.41. The summed E-state index contributed by atoms with van der Waals surface area (Å²) in [6, 6.07) is 10.4. The van der Waals surface area contributed by atoms with Gasteiger partial charge in [0.25, 0.3) is 11.7 Å². The fourth-order valence-electron chi connectivity index (χ4n) is 3.88. The lowest BCUT2D eigenvalue weighted by Crippen LogP contribution is -2.30. The maximum atomic E-state index is 12.5. The number of pyridine rings is 2. The predicted molar refractivity (Wildman–Crippen MR) is 102 cm³/mol.